The van der Waals surface area contributed by atoms with Gasteiger partial charge < -0.3 is 10.2 Å². The molecule has 2 aromatic rings. The molecule has 0 aromatic heterocycles. The largest absolute Gasteiger partial charge is 0.351 e. The molecule has 0 aliphatic carbocycles. The molecule has 3 rings (SSSR count). The van der Waals surface area contributed by atoms with Crippen LogP contribution in [0.3, 0.4) is 0 Å². The zero-order valence-corrected chi connectivity index (χ0v) is 16.9. The molecule has 2 amide bonds. The predicted molar refractivity (Wildman–Crippen MR) is 111 cm³/mol. The number of amides is 2. The van der Waals surface area contributed by atoms with Gasteiger partial charge in [-0.05, 0) is 35.7 Å². The molecule has 0 atom stereocenters. The van der Waals surface area contributed by atoms with Gasteiger partial charge in [0, 0.05) is 37.7 Å². The Morgan fingerprint density at radius 3 is 2.50 bits per heavy atom. The number of carbonyl (C=O) groups excluding carboxylic acids is 2. The van der Waals surface area contributed by atoms with Crippen molar-refractivity contribution < 1.29 is 9.59 Å². The molecule has 0 unspecified atom stereocenters. The smallest absolute Gasteiger partial charge is 0.234 e. The van der Waals surface area contributed by atoms with Crippen molar-refractivity contribution in [3.8, 4) is 0 Å². The number of nitrogens with one attached hydrogen (secondary N) is 1. The summed E-state index contributed by atoms with van der Waals surface area (Å²) in [7, 11) is 0. The molecule has 0 saturated carbocycles. The van der Waals surface area contributed by atoms with Gasteiger partial charge in [-0.1, -0.05) is 48.0 Å². The van der Waals surface area contributed by atoms with Gasteiger partial charge in [0.25, 0.3) is 0 Å². The minimum Gasteiger partial charge on any atom is -0.351 e. The Balaban J connectivity index is 1.40. The van der Waals surface area contributed by atoms with Crippen LogP contribution in [0, 0.1) is 6.92 Å². The van der Waals surface area contributed by atoms with E-state index in [-0.39, 0.29) is 11.8 Å². The molecule has 0 bridgehead atoms. The van der Waals surface area contributed by atoms with E-state index in [1.165, 1.54) is 0 Å². The zero-order chi connectivity index (χ0) is 19.9. The lowest BCUT2D eigenvalue weighted by molar-refractivity contribution is -0.132. The Morgan fingerprint density at radius 1 is 1.04 bits per heavy atom. The van der Waals surface area contributed by atoms with Gasteiger partial charge in [-0.2, -0.15) is 0 Å². The van der Waals surface area contributed by atoms with Crippen LogP contribution < -0.4 is 5.32 Å². The standard InChI is InChI=1S/C22H26ClN3O2/c1-17-5-2-3-7-19(17)14-22(28)26-11-9-25(10-12-26)16-21(27)24-15-18-6-4-8-20(23)13-18/h2-8,13H,9-12,14-16H2,1H3,(H,24,27). The number of rotatable bonds is 6. The minimum atomic E-state index is -0.0142. The third-order valence-corrected chi connectivity index (χ3v) is 5.31. The van der Waals surface area contributed by atoms with Crippen LogP contribution in [0.15, 0.2) is 48.5 Å². The van der Waals surface area contributed by atoms with Crippen molar-refractivity contribution in [1.82, 2.24) is 15.1 Å². The molecule has 1 heterocycles. The highest BCUT2D eigenvalue weighted by molar-refractivity contribution is 6.30. The van der Waals surface area contributed by atoms with Crippen LogP contribution >= 0.6 is 11.6 Å². The number of carbonyl (C=O) groups is 2. The number of benzene rings is 2. The van der Waals surface area contributed by atoms with E-state index in [2.05, 4.69) is 10.2 Å². The first-order chi connectivity index (χ1) is 13.5. The lowest BCUT2D eigenvalue weighted by Crippen LogP contribution is -2.51. The summed E-state index contributed by atoms with van der Waals surface area (Å²) < 4.78 is 0. The molecule has 0 spiro atoms. The van der Waals surface area contributed by atoms with Crippen LogP contribution in [0.2, 0.25) is 5.02 Å². The molecular formula is C22H26ClN3O2. The summed E-state index contributed by atoms with van der Waals surface area (Å²) in [6.07, 6.45) is 0.437. The molecular weight excluding hydrogens is 374 g/mol. The highest BCUT2D eigenvalue weighted by atomic mass is 35.5. The van der Waals surface area contributed by atoms with Crippen LogP contribution in [-0.2, 0) is 22.6 Å². The van der Waals surface area contributed by atoms with E-state index >= 15 is 0 Å². The molecule has 148 valence electrons. The van der Waals surface area contributed by atoms with Crippen LogP contribution in [0.4, 0.5) is 0 Å². The lowest BCUT2D eigenvalue weighted by Gasteiger charge is -2.34. The van der Waals surface area contributed by atoms with E-state index < -0.39 is 0 Å². The number of piperazine rings is 1. The van der Waals surface area contributed by atoms with Crippen molar-refractivity contribution in [1.29, 1.82) is 0 Å². The lowest BCUT2D eigenvalue weighted by atomic mass is 10.1. The fourth-order valence-electron chi connectivity index (χ4n) is 3.35. The Morgan fingerprint density at radius 2 is 1.79 bits per heavy atom. The first-order valence-electron chi connectivity index (χ1n) is 9.57. The number of halogens is 1. The summed E-state index contributed by atoms with van der Waals surface area (Å²) in [6, 6.07) is 15.5. The maximum Gasteiger partial charge on any atom is 0.234 e. The summed E-state index contributed by atoms with van der Waals surface area (Å²) in [5.41, 5.74) is 3.20. The molecule has 6 heteroatoms. The molecule has 1 saturated heterocycles. The topological polar surface area (TPSA) is 52.7 Å². The molecule has 1 aliphatic heterocycles. The Hall–Kier alpha value is -2.37. The number of hydrogen-bond donors (Lipinski definition) is 1. The third-order valence-electron chi connectivity index (χ3n) is 5.07. The fraction of sp³-hybridized carbons (Fsp3) is 0.364. The van der Waals surface area contributed by atoms with Gasteiger partial charge in [-0.25, -0.2) is 0 Å². The quantitative estimate of drug-likeness (QED) is 0.812. The van der Waals surface area contributed by atoms with Crippen LogP contribution in [0.25, 0.3) is 0 Å². The van der Waals surface area contributed by atoms with Crippen molar-refractivity contribution >= 4 is 23.4 Å². The summed E-state index contributed by atoms with van der Waals surface area (Å²) in [4.78, 5) is 28.7. The molecule has 1 N–H and O–H groups in total. The van der Waals surface area contributed by atoms with E-state index in [9.17, 15) is 9.59 Å². The number of aryl methyl sites for hydroxylation is 1. The highest BCUT2D eigenvalue weighted by Gasteiger charge is 2.22. The van der Waals surface area contributed by atoms with Crippen molar-refractivity contribution in [3.05, 3.63) is 70.2 Å². The zero-order valence-electron chi connectivity index (χ0n) is 16.2. The van der Waals surface area contributed by atoms with Crippen LogP contribution in [-0.4, -0.2) is 54.3 Å². The second kappa shape index (κ2) is 9.71. The molecule has 1 fully saturated rings. The van der Waals surface area contributed by atoms with Gasteiger partial charge >= 0.3 is 0 Å². The monoisotopic (exact) mass is 399 g/mol. The third kappa shape index (κ3) is 5.81. The fourth-order valence-corrected chi connectivity index (χ4v) is 3.56. The molecule has 5 nitrogen and oxygen atoms in total. The van der Waals surface area contributed by atoms with Gasteiger partial charge in [-0.15, -0.1) is 0 Å². The van der Waals surface area contributed by atoms with Crippen molar-refractivity contribution in [3.63, 3.8) is 0 Å². The number of nitrogens with zero attached hydrogens (tertiary/aromatic N) is 2. The van der Waals surface area contributed by atoms with E-state index in [4.69, 9.17) is 11.6 Å². The Labute approximate surface area is 171 Å². The second-order valence-corrected chi connectivity index (χ2v) is 7.60. The summed E-state index contributed by atoms with van der Waals surface area (Å²) >= 11 is 5.96. The maximum absolute atomic E-state index is 12.6. The molecule has 2 aromatic carbocycles. The van der Waals surface area contributed by atoms with E-state index in [1.807, 2.05) is 60.4 Å². The Kier molecular flexibility index (Phi) is 7.06. The highest BCUT2D eigenvalue weighted by Crippen LogP contribution is 2.12. The predicted octanol–water partition coefficient (Wildman–Crippen LogP) is 2.65. The van der Waals surface area contributed by atoms with Gasteiger partial charge in [0.05, 0.1) is 13.0 Å². The Bertz CT molecular complexity index is 832. The molecule has 0 radical (unpaired) electrons. The number of hydrogen-bond acceptors (Lipinski definition) is 3. The van der Waals surface area contributed by atoms with Gasteiger partial charge in [0.2, 0.25) is 11.8 Å². The van der Waals surface area contributed by atoms with Crippen molar-refractivity contribution in [2.24, 2.45) is 0 Å². The minimum absolute atomic E-state index is 0.0142. The average molecular weight is 400 g/mol. The van der Waals surface area contributed by atoms with Crippen LogP contribution in [0.5, 0.6) is 0 Å². The van der Waals surface area contributed by atoms with Gasteiger partial charge in [0.1, 0.15) is 0 Å². The van der Waals surface area contributed by atoms with Gasteiger partial charge in [0.15, 0.2) is 0 Å². The van der Waals surface area contributed by atoms with Gasteiger partial charge in [-0.3, -0.25) is 14.5 Å². The van der Waals surface area contributed by atoms with Crippen molar-refractivity contribution in [2.75, 3.05) is 32.7 Å². The van der Waals surface area contributed by atoms with E-state index in [1.54, 1.807) is 0 Å². The summed E-state index contributed by atoms with van der Waals surface area (Å²) in [6.45, 7) is 5.59. The molecule has 1 aliphatic rings. The van der Waals surface area contributed by atoms with E-state index in [0.717, 1.165) is 16.7 Å². The summed E-state index contributed by atoms with van der Waals surface area (Å²) in [5, 5.41) is 3.59. The maximum atomic E-state index is 12.6. The second-order valence-electron chi connectivity index (χ2n) is 7.17. The average Bonchev–Trinajstić information content (AvgIpc) is 2.69. The summed E-state index contributed by atoms with van der Waals surface area (Å²) in [5.74, 6) is 0.138. The van der Waals surface area contributed by atoms with Crippen LogP contribution in [0.1, 0.15) is 16.7 Å². The first kappa shape index (κ1) is 20.4. The van der Waals surface area contributed by atoms with Crippen molar-refractivity contribution in [2.45, 2.75) is 19.9 Å². The molecule has 28 heavy (non-hydrogen) atoms. The SMILES string of the molecule is Cc1ccccc1CC(=O)N1CCN(CC(=O)NCc2cccc(Cl)c2)CC1. The van der Waals surface area contributed by atoms with E-state index in [0.29, 0.717) is 50.7 Å². The normalized spacial score (nSPS) is 14.7. The first-order valence-corrected chi connectivity index (χ1v) is 9.95.